The van der Waals surface area contributed by atoms with Gasteiger partial charge in [0.2, 0.25) is 0 Å². The highest BCUT2D eigenvalue weighted by molar-refractivity contribution is 5.74. The van der Waals surface area contributed by atoms with Gasteiger partial charge in [-0.05, 0) is 31.4 Å². The van der Waals surface area contributed by atoms with Crippen molar-refractivity contribution >= 4 is 16.9 Å². The Balaban J connectivity index is 1.50. The van der Waals surface area contributed by atoms with Gasteiger partial charge in [0.1, 0.15) is 5.82 Å². The number of pyridine rings is 1. The zero-order valence-corrected chi connectivity index (χ0v) is 13.0. The molecule has 0 spiro atoms. The smallest absolute Gasteiger partial charge is 0.277 e. The maximum absolute atomic E-state index is 11.9. The standard InChI is InChI=1S/C16H21N5O2/c22-13-3-1-2-12(13)20-6-8-21(9-7-20)14-5-4-11-15(19-14)16(23)18-10-17-11/h4-5,10,12-13,22H,1-3,6-9H2,(H,17,18,23). The molecule has 7 nitrogen and oxygen atoms in total. The van der Waals surface area contributed by atoms with Crippen LogP contribution in [0.15, 0.2) is 23.3 Å². The number of anilines is 1. The molecule has 0 bridgehead atoms. The van der Waals surface area contributed by atoms with Gasteiger partial charge in [0.05, 0.1) is 17.9 Å². The number of piperazine rings is 1. The summed E-state index contributed by atoms with van der Waals surface area (Å²) in [4.78, 5) is 27.6. The van der Waals surface area contributed by atoms with Crippen molar-refractivity contribution in [2.24, 2.45) is 0 Å². The van der Waals surface area contributed by atoms with Crippen molar-refractivity contribution in [2.45, 2.75) is 31.4 Å². The first-order valence-electron chi connectivity index (χ1n) is 8.24. The third-order valence-electron chi connectivity index (χ3n) is 5.02. The van der Waals surface area contributed by atoms with E-state index in [9.17, 15) is 9.90 Å². The van der Waals surface area contributed by atoms with Gasteiger partial charge in [0, 0.05) is 32.2 Å². The molecule has 2 aromatic heterocycles. The number of rotatable bonds is 2. The van der Waals surface area contributed by atoms with E-state index in [0.717, 1.165) is 51.3 Å². The molecular formula is C16H21N5O2. The van der Waals surface area contributed by atoms with Crippen molar-refractivity contribution in [3.05, 3.63) is 28.8 Å². The summed E-state index contributed by atoms with van der Waals surface area (Å²) in [6, 6.07) is 4.09. The third-order valence-corrected chi connectivity index (χ3v) is 5.02. The Morgan fingerprint density at radius 3 is 2.74 bits per heavy atom. The van der Waals surface area contributed by atoms with E-state index < -0.39 is 0 Å². The number of nitrogens with one attached hydrogen (secondary N) is 1. The third kappa shape index (κ3) is 2.70. The average molecular weight is 315 g/mol. The number of fused-ring (bicyclic) bond motifs is 1. The first-order chi connectivity index (χ1) is 11.2. The number of hydrogen-bond donors (Lipinski definition) is 2. The molecule has 0 aromatic carbocycles. The number of aliphatic hydroxyl groups is 1. The zero-order chi connectivity index (χ0) is 15.8. The van der Waals surface area contributed by atoms with Crippen LogP contribution < -0.4 is 10.5 Å². The molecule has 0 radical (unpaired) electrons. The van der Waals surface area contributed by atoms with Crippen molar-refractivity contribution < 1.29 is 5.11 Å². The Morgan fingerprint density at radius 1 is 1.17 bits per heavy atom. The molecule has 1 aliphatic carbocycles. The van der Waals surface area contributed by atoms with Gasteiger partial charge in [-0.2, -0.15) is 0 Å². The summed E-state index contributed by atoms with van der Waals surface area (Å²) in [7, 11) is 0. The normalized spacial score (nSPS) is 26.0. The van der Waals surface area contributed by atoms with E-state index in [0.29, 0.717) is 17.1 Å². The van der Waals surface area contributed by atoms with E-state index in [-0.39, 0.29) is 11.7 Å². The van der Waals surface area contributed by atoms with Gasteiger partial charge in [-0.1, -0.05) is 0 Å². The summed E-state index contributed by atoms with van der Waals surface area (Å²) < 4.78 is 0. The lowest BCUT2D eigenvalue weighted by Crippen LogP contribution is -2.52. The molecule has 2 fully saturated rings. The van der Waals surface area contributed by atoms with Gasteiger partial charge >= 0.3 is 0 Å². The highest BCUT2D eigenvalue weighted by Gasteiger charge is 2.32. The minimum Gasteiger partial charge on any atom is -0.391 e. The van der Waals surface area contributed by atoms with Crippen LogP contribution in [0.3, 0.4) is 0 Å². The lowest BCUT2D eigenvalue weighted by Gasteiger charge is -2.39. The summed E-state index contributed by atoms with van der Waals surface area (Å²) in [5.41, 5.74) is 0.799. The van der Waals surface area contributed by atoms with Crippen molar-refractivity contribution in [1.82, 2.24) is 19.9 Å². The topological polar surface area (TPSA) is 85.4 Å². The largest absolute Gasteiger partial charge is 0.391 e. The second-order valence-corrected chi connectivity index (χ2v) is 6.36. The van der Waals surface area contributed by atoms with Crippen LogP contribution in [0.1, 0.15) is 19.3 Å². The first-order valence-corrected chi connectivity index (χ1v) is 8.24. The van der Waals surface area contributed by atoms with E-state index in [2.05, 4.69) is 24.8 Å². The summed E-state index contributed by atoms with van der Waals surface area (Å²) in [6.07, 6.45) is 4.36. The molecule has 4 rings (SSSR count). The molecule has 23 heavy (non-hydrogen) atoms. The molecule has 0 amide bonds. The Hall–Kier alpha value is -1.99. The van der Waals surface area contributed by atoms with E-state index in [1.807, 2.05) is 12.1 Å². The molecule has 1 saturated carbocycles. The summed E-state index contributed by atoms with van der Waals surface area (Å²) in [5, 5.41) is 10.1. The predicted molar refractivity (Wildman–Crippen MR) is 87.6 cm³/mol. The molecule has 3 heterocycles. The van der Waals surface area contributed by atoms with Crippen molar-refractivity contribution in [3.8, 4) is 0 Å². The van der Waals surface area contributed by atoms with Crippen LogP contribution in [-0.2, 0) is 0 Å². The van der Waals surface area contributed by atoms with E-state index in [1.54, 1.807) is 0 Å². The minimum atomic E-state index is -0.204. The summed E-state index contributed by atoms with van der Waals surface area (Å²) in [6.45, 7) is 3.56. The van der Waals surface area contributed by atoms with Gasteiger partial charge < -0.3 is 15.0 Å². The maximum atomic E-state index is 11.9. The van der Waals surface area contributed by atoms with Gasteiger partial charge in [0.25, 0.3) is 5.56 Å². The second-order valence-electron chi connectivity index (χ2n) is 6.36. The van der Waals surface area contributed by atoms with Crippen LogP contribution in [-0.4, -0.2) is 63.3 Å². The van der Waals surface area contributed by atoms with Gasteiger partial charge in [0.15, 0.2) is 5.52 Å². The Labute approximate surface area is 134 Å². The van der Waals surface area contributed by atoms with Crippen LogP contribution in [0.2, 0.25) is 0 Å². The van der Waals surface area contributed by atoms with Gasteiger partial charge in [-0.15, -0.1) is 0 Å². The molecule has 2 unspecified atom stereocenters. The minimum absolute atomic E-state index is 0.176. The van der Waals surface area contributed by atoms with Crippen LogP contribution in [0, 0.1) is 0 Å². The Morgan fingerprint density at radius 2 is 2.00 bits per heavy atom. The molecule has 2 atom stereocenters. The highest BCUT2D eigenvalue weighted by Crippen LogP contribution is 2.26. The van der Waals surface area contributed by atoms with Gasteiger partial charge in [-0.3, -0.25) is 9.69 Å². The number of hydrogen-bond acceptors (Lipinski definition) is 6. The average Bonchev–Trinajstić information content (AvgIpc) is 3.01. The molecule has 122 valence electrons. The van der Waals surface area contributed by atoms with Crippen LogP contribution in [0.4, 0.5) is 5.82 Å². The first kappa shape index (κ1) is 14.6. The molecule has 1 aliphatic heterocycles. The molecule has 2 aromatic rings. The molecular weight excluding hydrogens is 294 g/mol. The number of aromatic amines is 1. The lowest BCUT2D eigenvalue weighted by molar-refractivity contribution is 0.0671. The number of aromatic nitrogens is 3. The zero-order valence-electron chi connectivity index (χ0n) is 13.0. The quantitative estimate of drug-likeness (QED) is 0.832. The Bertz CT molecular complexity index is 753. The lowest BCUT2D eigenvalue weighted by atomic mass is 10.1. The number of H-pyrrole nitrogens is 1. The fraction of sp³-hybridized carbons (Fsp3) is 0.562. The van der Waals surface area contributed by atoms with E-state index >= 15 is 0 Å². The fourth-order valence-corrected chi connectivity index (χ4v) is 3.75. The van der Waals surface area contributed by atoms with E-state index in [1.165, 1.54) is 6.33 Å². The maximum Gasteiger partial charge on any atom is 0.277 e. The van der Waals surface area contributed by atoms with E-state index in [4.69, 9.17) is 0 Å². The molecule has 7 heteroatoms. The van der Waals surface area contributed by atoms with Gasteiger partial charge in [-0.25, -0.2) is 9.97 Å². The molecule has 2 N–H and O–H groups in total. The second kappa shape index (κ2) is 5.90. The van der Waals surface area contributed by atoms with Crippen LogP contribution in [0.25, 0.3) is 11.0 Å². The monoisotopic (exact) mass is 315 g/mol. The summed E-state index contributed by atoms with van der Waals surface area (Å²) >= 11 is 0. The number of nitrogens with zero attached hydrogens (tertiary/aromatic N) is 4. The molecule has 1 saturated heterocycles. The summed E-state index contributed by atoms with van der Waals surface area (Å²) in [5.74, 6) is 0.822. The molecule has 2 aliphatic rings. The van der Waals surface area contributed by atoms with Crippen molar-refractivity contribution in [1.29, 1.82) is 0 Å². The number of aliphatic hydroxyl groups excluding tert-OH is 1. The highest BCUT2D eigenvalue weighted by atomic mass is 16.3. The SMILES string of the molecule is O=c1[nH]cnc2ccc(N3CCN(C4CCCC4O)CC3)nc12. The predicted octanol–water partition coefficient (Wildman–Crippen LogP) is 0.353. The van der Waals surface area contributed by atoms with Crippen LogP contribution in [0.5, 0.6) is 0 Å². The fourth-order valence-electron chi connectivity index (χ4n) is 3.75. The van der Waals surface area contributed by atoms with Crippen molar-refractivity contribution in [2.75, 3.05) is 31.1 Å². The Kier molecular flexibility index (Phi) is 3.74. The van der Waals surface area contributed by atoms with Crippen molar-refractivity contribution in [3.63, 3.8) is 0 Å². The van der Waals surface area contributed by atoms with Crippen LogP contribution >= 0.6 is 0 Å².